The minimum Gasteiger partial charge on any atom is -0.460 e. The van der Waals surface area contributed by atoms with Crippen LogP contribution in [0.2, 0.25) is 0 Å². The normalized spacial score (nSPS) is 14.8. The SMILES string of the molecule is Cc1ccc(-c2nc3[nH]c(=O)c(N4CCN(C)CC4)cc3cc2-c2ccc3ncccc3c2)o1. The first-order chi connectivity index (χ1) is 16.5. The molecule has 1 saturated heterocycles. The highest BCUT2D eigenvalue weighted by Gasteiger charge is 2.20. The second-order valence-electron chi connectivity index (χ2n) is 8.92. The van der Waals surface area contributed by atoms with E-state index in [1.807, 2.05) is 37.3 Å². The first kappa shape index (κ1) is 20.6. The number of aromatic nitrogens is 3. The van der Waals surface area contributed by atoms with Gasteiger partial charge in [-0.3, -0.25) is 9.78 Å². The van der Waals surface area contributed by atoms with E-state index in [4.69, 9.17) is 9.40 Å². The van der Waals surface area contributed by atoms with Crippen molar-refractivity contribution in [1.82, 2.24) is 19.9 Å². The van der Waals surface area contributed by atoms with Crippen LogP contribution in [0.5, 0.6) is 0 Å². The number of benzene rings is 1. The molecule has 0 atom stereocenters. The van der Waals surface area contributed by atoms with Gasteiger partial charge in [0, 0.05) is 48.7 Å². The standard InChI is InChI=1S/C27H25N5O2/c1-17-5-8-24(34-17)25-21(18-6-7-22-19(14-18)4-3-9-28-22)15-20-16-23(27(33)30-26(20)29-25)32-12-10-31(2)11-13-32/h3-9,14-16H,10-13H2,1-2H3,(H,29,30,33). The number of aromatic amines is 1. The topological polar surface area (TPSA) is 78.3 Å². The maximum atomic E-state index is 13.0. The summed E-state index contributed by atoms with van der Waals surface area (Å²) in [4.78, 5) is 29.8. The number of fused-ring (bicyclic) bond motifs is 2. The number of hydrogen-bond acceptors (Lipinski definition) is 6. The molecule has 5 aromatic rings. The predicted molar refractivity (Wildman–Crippen MR) is 135 cm³/mol. The Kier molecular flexibility index (Phi) is 4.92. The molecule has 1 aliphatic rings. The van der Waals surface area contributed by atoms with Crippen LogP contribution in [0.3, 0.4) is 0 Å². The molecule has 0 amide bonds. The summed E-state index contributed by atoms with van der Waals surface area (Å²) in [6.45, 7) is 5.43. The van der Waals surface area contributed by atoms with Crippen molar-refractivity contribution in [3.63, 3.8) is 0 Å². The smallest absolute Gasteiger partial charge is 0.273 e. The van der Waals surface area contributed by atoms with Gasteiger partial charge in [-0.05, 0) is 62.0 Å². The van der Waals surface area contributed by atoms with Gasteiger partial charge in [-0.1, -0.05) is 12.1 Å². The second-order valence-corrected chi connectivity index (χ2v) is 8.92. The van der Waals surface area contributed by atoms with Crippen molar-refractivity contribution in [2.24, 2.45) is 0 Å². The molecule has 7 nitrogen and oxygen atoms in total. The van der Waals surface area contributed by atoms with Gasteiger partial charge >= 0.3 is 0 Å². The van der Waals surface area contributed by atoms with Gasteiger partial charge < -0.3 is 19.2 Å². The van der Waals surface area contributed by atoms with Gasteiger partial charge in [0.25, 0.3) is 5.56 Å². The molecular formula is C27H25N5O2. The molecule has 4 aromatic heterocycles. The van der Waals surface area contributed by atoms with Crippen molar-refractivity contribution < 1.29 is 4.42 Å². The fourth-order valence-corrected chi connectivity index (χ4v) is 4.62. The number of likely N-dealkylation sites (N-methyl/N-ethyl adjacent to an activating group) is 1. The Bertz CT molecular complexity index is 1580. The van der Waals surface area contributed by atoms with E-state index in [0.717, 1.165) is 59.4 Å². The van der Waals surface area contributed by atoms with Crippen LogP contribution in [0, 0.1) is 6.92 Å². The van der Waals surface area contributed by atoms with Crippen molar-refractivity contribution in [3.05, 3.63) is 76.9 Å². The highest BCUT2D eigenvalue weighted by molar-refractivity contribution is 5.93. The van der Waals surface area contributed by atoms with Gasteiger partial charge in [0.1, 0.15) is 22.8 Å². The number of nitrogens with one attached hydrogen (secondary N) is 1. The fraction of sp³-hybridized carbons (Fsp3) is 0.222. The molecule has 0 bridgehead atoms. The molecule has 1 aliphatic heterocycles. The number of nitrogens with zero attached hydrogens (tertiary/aromatic N) is 4. The van der Waals surface area contributed by atoms with Crippen LogP contribution in [-0.2, 0) is 0 Å². The highest BCUT2D eigenvalue weighted by Crippen LogP contribution is 2.35. The van der Waals surface area contributed by atoms with Crippen LogP contribution < -0.4 is 10.5 Å². The van der Waals surface area contributed by atoms with E-state index in [2.05, 4.69) is 51.1 Å². The van der Waals surface area contributed by atoms with E-state index in [9.17, 15) is 4.79 Å². The summed E-state index contributed by atoms with van der Waals surface area (Å²) < 4.78 is 5.95. The number of H-pyrrole nitrogens is 1. The van der Waals surface area contributed by atoms with E-state index in [-0.39, 0.29) is 5.56 Å². The zero-order chi connectivity index (χ0) is 23.2. The third-order valence-corrected chi connectivity index (χ3v) is 6.54. The number of pyridine rings is 3. The number of hydrogen-bond donors (Lipinski definition) is 1. The number of rotatable bonds is 3. The summed E-state index contributed by atoms with van der Waals surface area (Å²) in [6.07, 6.45) is 1.80. The Hall–Kier alpha value is -3.97. The minimum atomic E-state index is -0.115. The van der Waals surface area contributed by atoms with Crippen LogP contribution in [-0.4, -0.2) is 53.1 Å². The lowest BCUT2D eigenvalue weighted by Gasteiger charge is -2.33. The van der Waals surface area contributed by atoms with E-state index in [0.29, 0.717) is 22.8 Å². The van der Waals surface area contributed by atoms with Gasteiger partial charge in [0.05, 0.1) is 5.52 Å². The predicted octanol–water partition coefficient (Wildman–Crippen LogP) is 4.46. The highest BCUT2D eigenvalue weighted by atomic mass is 16.3. The maximum Gasteiger partial charge on any atom is 0.273 e. The minimum absolute atomic E-state index is 0.115. The molecule has 6 rings (SSSR count). The lowest BCUT2D eigenvalue weighted by molar-refractivity contribution is 0.312. The van der Waals surface area contributed by atoms with E-state index in [1.54, 1.807) is 6.20 Å². The Morgan fingerprint density at radius 2 is 1.82 bits per heavy atom. The average Bonchev–Trinajstić information content (AvgIpc) is 3.29. The molecule has 0 saturated carbocycles. The molecule has 34 heavy (non-hydrogen) atoms. The molecule has 0 unspecified atom stereocenters. The fourth-order valence-electron chi connectivity index (χ4n) is 4.62. The summed E-state index contributed by atoms with van der Waals surface area (Å²) in [5.74, 6) is 1.48. The van der Waals surface area contributed by atoms with Crippen LogP contribution in [0.4, 0.5) is 5.69 Å². The number of furan rings is 1. The third kappa shape index (κ3) is 3.64. The van der Waals surface area contributed by atoms with E-state index < -0.39 is 0 Å². The molecule has 5 heterocycles. The quantitative estimate of drug-likeness (QED) is 0.436. The Labute approximate surface area is 196 Å². The summed E-state index contributed by atoms with van der Waals surface area (Å²) >= 11 is 0. The average molecular weight is 452 g/mol. The largest absolute Gasteiger partial charge is 0.460 e. The lowest BCUT2D eigenvalue weighted by atomic mass is 9.99. The van der Waals surface area contributed by atoms with Crippen LogP contribution >= 0.6 is 0 Å². The molecule has 1 fully saturated rings. The first-order valence-electron chi connectivity index (χ1n) is 11.5. The number of piperazine rings is 1. The van der Waals surface area contributed by atoms with E-state index in [1.165, 1.54) is 0 Å². The Morgan fingerprint density at radius 3 is 2.62 bits per heavy atom. The van der Waals surface area contributed by atoms with Crippen LogP contribution in [0.1, 0.15) is 5.76 Å². The Morgan fingerprint density at radius 1 is 0.971 bits per heavy atom. The molecule has 0 radical (unpaired) electrons. The summed E-state index contributed by atoms with van der Waals surface area (Å²) in [6, 6.07) is 18.1. The van der Waals surface area contributed by atoms with Crippen LogP contribution in [0.25, 0.3) is 44.5 Å². The lowest BCUT2D eigenvalue weighted by Crippen LogP contribution is -2.46. The first-order valence-corrected chi connectivity index (χ1v) is 11.5. The van der Waals surface area contributed by atoms with Crippen molar-refractivity contribution >= 4 is 27.6 Å². The Balaban J connectivity index is 1.55. The number of aryl methyl sites for hydroxylation is 1. The second kappa shape index (κ2) is 8.11. The molecule has 1 aromatic carbocycles. The molecule has 0 spiro atoms. The van der Waals surface area contributed by atoms with Gasteiger partial charge in [-0.25, -0.2) is 4.98 Å². The van der Waals surface area contributed by atoms with Gasteiger partial charge in [0.2, 0.25) is 0 Å². The molecule has 0 aliphatic carbocycles. The summed E-state index contributed by atoms with van der Waals surface area (Å²) in [5.41, 5.74) is 4.74. The van der Waals surface area contributed by atoms with Crippen molar-refractivity contribution in [1.29, 1.82) is 0 Å². The van der Waals surface area contributed by atoms with Gasteiger partial charge in [0.15, 0.2) is 5.76 Å². The summed E-state index contributed by atoms with van der Waals surface area (Å²) in [5, 5.41) is 1.95. The third-order valence-electron chi connectivity index (χ3n) is 6.54. The zero-order valence-electron chi connectivity index (χ0n) is 19.2. The van der Waals surface area contributed by atoms with Crippen molar-refractivity contribution in [3.8, 4) is 22.6 Å². The van der Waals surface area contributed by atoms with Gasteiger partial charge in [-0.2, -0.15) is 0 Å². The molecular weight excluding hydrogens is 426 g/mol. The molecule has 170 valence electrons. The monoisotopic (exact) mass is 451 g/mol. The number of anilines is 1. The van der Waals surface area contributed by atoms with Crippen LogP contribution in [0.15, 0.2) is 70.0 Å². The summed E-state index contributed by atoms with van der Waals surface area (Å²) in [7, 11) is 2.11. The van der Waals surface area contributed by atoms with Gasteiger partial charge in [-0.15, -0.1) is 0 Å². The zero-order valence-corrected chi connectivity index (χ0v) is 19.2. The van der Waals surface area contributed by atoms with Crippen molar-refractivity contribution in [2.45, 2.75) is 6.92 Å². The van der Waals surface area contributed by atoms with Crippen molar-refractivity contribution in [2.75, 3.05) is 38.1 Å². The molecule has 1 N–H and O–H groups in total. The molecule has 7 heteroatoms. The maximum absolute atomic E-state index is 13.0. The van der Waals surface area contributed by atoms with E-state index >= 15 is 0 Å².